The van der Waals surface area contributed by atoms with E-state index in [1.165, 1.54) is 19.1 Å². The second-order valence-electron chi connectivity index (χ2n) is 5.50. The molecule has 25 heavy (non-hydrogen) atoms. The molecule has 2 N–H and O–H groups in total. The lowest BCUT2D eigenvalue weighted by molar-refractivity contribution is -0.137. The molecule has 134 valence electrons. The first kappa shape index (κ1) is 19.0. The highest BCUT2D eigenvalue weighted by atomic mass is 32.1. The van der Waals surface area contributed by atoms with Crippen molar-refractivity contribution in [3.8, 4) is 6.07 Å². The van der Waals surface area contributed by atoms with E-state index in [1.54, 1.807) is 0 Å². The minimum atomic E-state index is -4.76. The van der Waals surface area contributed by atoms with E-state index < -0.39 is 41.2 Å². The van der Waals surface area contributed by atoms with E-state index in [9.17, 15) is 26.3 Å². The fourth-order valence-corrected chi connectivity index (χ4v) is 2.36. The molecular formula is C14H10F6N4S. The molecule has 0 spiro atoms. The number of anilines is 1. The SMILES string of the molecule is C[C@]1(C(=S)Nc2ccc(C#N)c(C(F)(F)F)c2)CC(C(F)(F)F)=NN1. The van der Waals surface area contributed by atoms with Gasteiger partial charge < -0.3 is 5.32 Å². The quantitative estimate of drug-likeness (QED) is 0.602. The number of benzene rings is 1. The van der Waals surface area contributed by atoms with Gasteiger partial charge in [-0.3, -0.25) is 5.43 Å². The Balaban J connectivity index is 2.21. The van der Waals surface area contributed by atoms with Gasteiger partial charge in [0.2, 0.25) is 0 Å². The molecule has 11 heteroatoms. The van der Waals surface area contributed by atoms with Crippen LogP contribution in [0.15, 0.2) is 23.3 Å². The molecule has 2 rings (SSSR count). The Kier molecular flexibility index (Phi) is 4.69. The van der Waals surface area contributed by atoms with Crippen LogP contribution in [0.3, 0.4) is 0 Å². The Bertz CT molecular complexity index is 777. The van der Waals surface area contributed by atoms with Crippen LogP contribution in [0.1, 0.15) is 24.5 Å². The van der Waals surface area contributed by atoms with Crippen molar-refractivity contribution in [1.29, 1.82) is 5.26 Å². The topological polar surface area (TPSA) is 60.2 Å². The number of nitriles is 1. The molecule has 0 aliphatic carbocycles. The van der Waals surface area contributed by atoms with Crippen molar-refractivity contribution >= 4 is 28.6 Å². The summed E-state index contributed by atoms with van der Waals surface area (Å²) in [6, 6.07) is 4.25. The minimum Gasteiger partial charge on any atom is -0.348 e. The summed E-state index contributed by atoms with van der Waals surface area (Å²) in [5.74, 6) is 0. The van der Waals surface area contributed by atoms with Crippen LogP contribution in [0.25, 0.3) is 0 Å². The van der Waals surface area contributed by atoms with Gasteiger partial charge in [0, 0.05) is 12.1 Å². The third-order valence-electron chi connectivity index (χ3n) is 3.49. The van der Waals surface area contributed by atoms with Crippen LogP contribution < -0.4 is 10.7 Å². The number of hydrogen-bond donors (Lipinski definition) is 2. The number of nitrogens with zero attached hydrogens (tertiary/aromatic N) is 2. The van der Waals surface area contributed by atoms with E-state index in [1.807, 2.05) is 0 Å². The Morgan fingerprint density at radius 3 is 2.40 bits per heavy atom. The van der Waals surface area contributed by atoms with Gasteiger partial charge in [-0.2, -0.15) is 36.7 Å². The van der Waals surface area contributed by atoms with Crippen molar-refractivity contribution in [2.75, 3.05) is 5.32 Å². The van der Waals surface area contributed by atoms with Crippen LogP contribution in [0.4, 0.5) is 32.0 Å². The van der Waals surface area contributed by atoms with E-state index in [0.29, 0.717) is 6.07 Å². The van der Waals surface area contributed by atoms with Crippen LogP contribution in [-0.4, -0.2) is 22.4 Å². The van der Waals surface area contributed by atoms with Crippen molar-refractivity contribution < 1.29 is 26.3 Å². The van der Waals surface area contributed by atoms with Gasteiger partial charge in [-0.05, 0) is 25.1 Å². The molecule has 0 saturated heterocycles. The van der Waals surface area contributed by atoms with Crippen LogP contribution in [0.2, 0.25) is 0 Å². The number of halogens is 6. The van der Waals surface area contributed by atoms with Gasteiger partial charge in [-0.1, -0.05) is 12.2 Å². The molecular weight excluding hydrogens is 370 g/mol. The molecule has 0 aromatic heterocycles. The summed E-state index contributed by atoms with van der Waals surface area (Å²) in [4.78, 5) is -0.159. The van der Waals surface area contributed by atoms with E-state index in [-0.39, 0.29) is 10.7 Å². The lowest BCUT2D eigenvalue weighted by atomic mass is 9.96. The summed E-state index contributed by atoms with van der Waals surface area (Å²) in [6.45, 7) is 1.35. The molecule has 1 heterocycles. The zero-order chi connectivity index (χ0) is 19.0. The molecule has 0 radical (unpaired) electrons. The lowest BCUT2D eigenvalue weighted by Gasteiger charge is -2.26. The molecule has 1 aliphatic rings. The summed E-state index contributed by atoms with van der Waals surface area (Å²) >= 11 is 5.02. The Morgan fingerprint density at radius 2 is 1.92 bits per heavy atom. The van der Waals surface area contributed by atoms with Gasteiger partial charge in [-0.25, -0.2) is 0 Å². The fraction of sp³-hybridized carbons (Fsp3) is 0.357. The maximum Gasteiger partial charge on any atom is 0.431 e. The van der Waals surface area contributed by atoms with Crippen molar-refractivity contribution in [3.05, 3.63) is 29.3 Å². The fourth-order valence-electron chi connectivity index (χ4n) is 2.12. The van der Waals surface area contributed by atoms with Crippen molar-refractivity contribution in [3.63, 3.8) is 0 Å². The third kappa shape index (κ3) is 4.01. The maximum absolute atomic E-state index is 12.9. The molecule has 0 fully saturated rings. The normalized spacial score (nSPS) is 20.5. The Morgan fingerprint density at radius 1 is 1.28 bits per heavy atom. The van der Waals surface area contributed by atoms with Gasteiger partial charge in [-0.15, -0.1) is 0 Å². The predicted molar refractivity (Wildman–Crippen MR) is 82.0 cm³/mol. The number of rotatable bonds is 2. The molecule has 1 aliphatic heterocycles. The van der Waals surface area contributed by atoms with Gasteiger partial charge in [0.25, 0.3) is 0 Å². The van der Waals surface area contributed by atoms with Gasteiger partial charge >= 0.3 is 12.4 Å². The summed E-state index contributed by atoms with van der Waals surface area (Å²) in [5, 5.41) is 14.4. The highest BCUT2D eigenvalue weighted by Crippen LogP contribution is 2.34. The maximum atomic E-state index is 12.9. The minimum absolute atomic E-state index is 0.0974. The molecule has 1 aromatic carbocycles. The Hall–Kier alpha value is -2.35. The molecule has 4 nitrogen and oxygen atoms in total. The standard InChI is InChI=1S/C14H10F6N4S/c1-12(5-10(23-24-12)14(18,19)20)11(25)22-8-3-2-7(6-21)9(4-8)13(15,16)17/h2-4,24H,5H2,1H3,(H,22,25)/t12-/m1/s1. The monoisotopic (exact) mass is 380 g/mol. The first-order chi connectivity index (χ1) is 11.4. The highest BCUT2D eigenvalue weighted by molar-refractivity contribution is 7.80. The second kappa shape index (κ2) is 6.18. The first-order valence-electron chi connectivity index (χ1n) is 6.70. The molecule has 1 aromatic rings. The zero-order valence-corrected chi connectivity index (χ0v) is 13.3. The van der Waals surface area contributed by atoms with Crippen molar-refractivity contribution in [2.24, 2.45) is 5.10 Å². The smallest absolute Gasteiger partial charge is 0.348 e. The third-order valence-corrected chi connectivity index (χ3v) is 4.04. The zero-order valence-electron chi connectivity index (χ0n) is 12.5. The number of hydrazone groups is 1. The number of alkyl halides is 6. The van der Waals surface area contributed by atoms with Crippen molar-refractivity contribution in [2.45, 2.75) is 31.2 Å². The average molecular weight is 380 g/mol. The lowest BCUT2D eigenvalue weighted by Crippen LogP contribution is -2.47. The average Bonchev–Trinajstić information content (AvgIpc) is 2.90. The van der Waals surface area contributed by atoms with Crippen LogP contribution in [0.5, 0.6) is 0 Å². The van der Waals surface area contributed by atoms with E-state index in [0.717, 1.165) is 6.07 Å². The molecule has 1 atom stereocenters. The van der Waals surface area contributed by atoms with Gasteiger partial charge in [0.15, 0.2) is 0 Å². The van der Waals surface area contributed by atoms with E-state index in [4.69, 9.17) is 17.5 Å². The number of nitrogens with one attached hydrogen (secondary N) is 2. The van der Waals surface area contributed by atoms with E-state index >= 15 is 0 Å². The second-order valence-corrected chi connectivity index (χ2v) is 5.91. The largest absolute Gasteiger partial charge is 0.431 e. The molecule has 0 saturated carbocycles. The summed E-state index contributed by atoms with van der Waals surface area (Å²) in [6.07, 6.45) is -9.95. The van der Waals surface area contributed by atoms with Gasteiger partial charge in [0.05, 0.1) is 17.2 Å². The number of thiocarbonyl (C=S) groups is 1. The van der Waals surface area contributed by atoms with Crippen LogP contribution >= 0.6 is 12.2 Å². The van der Waals surface area contributed by atoms with Gasteiger partial charge in [0.1, 0.15) is 16.2 Å². The molecule has 0 amide bonds. The Labute approximate surface area is 143 Å². The first-order valence-corrected chi connectivity index (χ1v) is 7.11. The van der Waals surface area contributed by atoms with Crippen LogP contribution in [-0.2, 0) is 6.18 Å². The summed E-state index contributed by atoms with van der Waals surface area (Å²) in [7, 11) is 0. The highest BCUT2D eigenvalue weighted by Gasteiger charge is 2.46. The predicted octanol–water partition coefficient (Wildman–Crippen LogP) is 3.99. The van der Waals surface area contributed by atoms with E-state index in [2.05, 4.69) is 15.8 Å². The van der Waals surface area contributed by atoms with Crippen molar-refractivity contribution in [1.82, 2.24) is 5.43 Å². The van der Waals surface area contributed by atoms with Crippen LogP contribution in [0, 0.1) is 11.3 Å². The number of hydrogen-bond acceptors (Lipinski definition) is 4. The summed E-state index contributed by atoms with van der Waals surface area (Å²) < 4.78 is 76.8. The molecule has 0 bridgehead atoms. The molecule has 0 unspecified atom stereocenters. The summed E-state index contributed by atoms with van der Waals surface area (Å²) in [5.41, 5.74) is -2.03.